The third kappa shape index (κ3) is 2.52. The van der Waals surface area contributed by atoms with Gasteiger partial charge in [-0.05, 0) is 28.8 Å². The van der Waals surface area contributed by atoms with Crippen molar-refractivity contribution in [1.29, 1.82) is 0 Å². The minimum atomic E-state index is 0.509. The molecule has 0 radical (unpaired) electrons. The van der Waals surface area contributed by atoms with Crippen molar-refractivity contribution in [3.05, 3.63) is 28.8 Å². The largest absolute Gasteiger partial charge is 0.372 e. The Hall–Kier alpha value is -1.56. The standard InChI is InChI=1S/C14H16BrN5/c1-16-14-11(15)12(9-4-2-3-5-9)19-13(20-14)10-8-17-6-7-18-10/h6-9H,2-5H2,1H3,(H,16,19,20). The summed E-state index contributed by atoms with van der Waals surface area (Å²) < 4.78 is 0.972. The van der Waals surface area contributed by atoms with Gasteiger partial charge in [0.05, 0.1) is 16.4 Å². The lowest BCUT2D eigenvalue weighted by Gasteiger charge is -2.15. The summed E-state index contributed by atoms with van der Waals surface area (Å²) >= 11 is 3.63. The molecular formula is C14H16BrN5. The van der Waals surface area contributed by atoms with Crippen LogP contribution in [0.4, 0.5) is 5.82 Å². The molecule has 0 atom stereocenters. The van der Waals surface area contributed by atoms with Gasteiger partial charge in [0.2, 0.25) is 0 Å². The molecule has 0 unspecified atom stereocenters. The topological polar surface area (TPSA) is 63.6 Å². The van der Waals surface area contributed by atoms with Crippen molar-refractivity contribution in [2.75, 3.05) is 12.4 Å². The third-order valence-electron chi connectivity index (χ3n) is 3.65. The van der Waals surface area contributed by atoms with Crippen LogP contribution in [0.15, 0.2) is 23.1 Å². The molecule has 1 N–H and O–H groups in total. The van der Waals surface area contributed by atoms with E-state index in [0.29, 0.717) is 17.4 Å². The second-order valence-electron chi connectivity index (χ2n) is 4.92. The molecular weight excluding hydrogens is 318 g/mol. The van der Waals surface area contributed by atoms with Gasteiger partial charge < -0.3 is 5.32 Å². The molecule has 104 valence electrons. The van der Waals surface area contributed by atoms with Crippen LogP contribution in [0.2, 0.25) is 0 Å². The summed E-state index contributed by atoms with van der Waals surface area (Å²) in [7, 11) is 1.87. The number of hydrogen-bond acceptors (Lipinski definition) is 5. The van der Waals surface area contributed by atoms with E-state index in [9.17, 15) is 0 Å². The van der Waals surface area contributed by atoms with Crippen LogP contribution in [0.3, 0.4) is 0 Å². The lowest BCUT2D eigenvalue weighted by molar-refractivity contribution is 0.691. The minimum absolute atomic E-state index is 0.509. The highest BCUT2D eigenvalue weighted by Gasteiger charge is 2.24. The molecule has 0 bridgehead atoms. The molecule has 6 heteroatoms. The number of nitrogens with zero attached hydrogens (tertiary/aromatic N) is 4. The first-order valence-electron chi connectivity index (χ1n) is 6.81. The first-order chi connectivity index (χ1) is 9.79. The summed E-state index contributed by atoms with van der Waals surface area (Å²) in [6, 6.07) is 0. The molecule has 0 spiro atoms. The van der Waals surface area contributed by atoms with E-state index < -0.39 is 0 Å². The number of hydrogen-bond donors (Lipinski definition) is 1. The van der Waals surface area contributed by atoms with Crippen molar-refractivity contribution in [1.82, 2.24) is 19.9 Å². The van der Waals surface area contributed by atoms with Gasteiger partial charge >= 0.3 is 0 Å². The summed E-state index contributed by atoms with van der Waals surface area (Å²) in [5, 5.41) is 3.12. The van der Waals surface area contributed by atoms with Gasteiger partial charge in [-0.1, -0.05) is 12.8 Å². The van der Waals surface area contributed by atoms with E-state index in [2.05, 4.69) is 36.2 Å². The van der Waals surface area contributed by atoms with Crippen LogP contribution in [0.25, 0.3) is 11.5 Å². The smallest absolute Gasteiger partial charge is 0.182 e. The summed E-state index contributed by atoms with van der Waals surface area (Å²) in [6.45, 7) is 0. The van der Waals surface area contributed by atoms with Gasteiger partial charge in [-0.15, -0.1) is 0 Å². The van der Waals surface area contributed by atoms with Crippen LogP contribution in [-0.4, -0.2) is 27.0 Å². The van der Waals surface area contributed by atoms with Crippen molar-refractivity contribution in [3.63, 3.8) is 0 Å². The average Bonchev–Trinajstić information content (AvgIpc) is 3.02. The number of anilines is 1. The fraction of sp³-hybridized carbons (Fsp3) is 0.429. The molecule has 1 fully saturated rings. The predicted molar refractivity (Wildman–Crippen MR) is 81.5 cm³/mol. The molecule has 0 saturated heterocycles. The van der Waals surface area contributed by atoms with Crippen LogP contribution in [0.1, 0.15) is 37.3 Å². The molecule has 20 heavy (non-hydrogen) atoms. The second kappa shape index (κ2) is 5.83. The van der Waals surface area contributed by atoms with Crippen molar-refractivity contribution in [3.8, 4) is 11.5 Å². The molecule has 1 aliphatic rings. The van der Waals surface area contributed by atoms with Crippen LogP contribution in [0.5, 0.6) is 0 Å². The molecule has 2 aromatic rings. The van der Waals surface area contributed by atoms with Crippen molar-refractivity contribution in [2.24, 2.45) is 0 Å². The normalized spacial score (nSPS) is 15.5. The Balaban J connectivity index is 2.09. The highest BCUT2D eigenvalue weighted by Crippen LogP contribution is 2.39. The fourth-order valence-corrected chi connectivity index (χ4v) is 3.33. The minimum Gasteiger partial charge on any atom is -0.372 e. The van der Waals surface area contributed by atoms with Crippen LogP contribution in [0, 0.1) is 0 Å². The second-order valence-corrected chi connectivity index (χ2v) is 5.71. The van der Waals surface area contributed by atoms with Crippen molar-refractivity contribution in [2.45, 2.75) is 31.6 Å². The lowest BCUT2D eigenvalue weighted by atomic mass is 10.0. The molecule has 1 aliphatic carbocycles. The molecule has 0 aromatic carbocycles. The van der Waals surface area contributed by atoms with E-state index >= 15 is 0 Å². The quantitative estimate of drug-likeness (QED) is 0.932. The third-order valence-corrected chi connectivity index (χ3v) is 4.43. The summed E-state index contributed by atoms with van der Waals surface area (Å²) in [4.78, 5) is 17.6. The van der Waals surface area contributed by atoms with Gasteiger partial charge in [0.25, 0.3) is 0 Å². The van der Waals surface area contributed by atoms with E-state index in [0.717, 1.165) is 16.0 Å². The zero-order valence-electron chi connectivity index (χ0n) is 11.3. The zero-order valence-corrected chi connectivity index (χ0v) is 12.9. The molecule has 0 amide bonds. The molecule has 2 heterocycles. The van der Waals surface area contributed by atoms with E-state index in [4.69, 9.17) is 4.98 Å². The Bertz CT molecular complexity index is 596. The summed E-state index contributed by atoms with van der Waals surface area (Å²) in [6.07, 6.45) is 9.94. The number of halogens is 1. The molecule has 1 saturated carbocycles. The Morgan fingerprint density at radius 1 is 1.20 bits per heavy atom. The molecule has 3 rings (SSSR count). The van der Waals surface area contributed by atoms with Crippen molar-refractivity contribution < 1.29 is 0 Å². The van der Waals surface area contributed by atoms with Gasteiger partial charge in [0, 0.05) is 25.4 Å². The first-order valence-corrected chi connectivity index (χ1v) is 7.60. The Morgan fingerprint density at radius 3 is 2.65 bits per heavy atom. The fourth-order valence-electron chi connectivity index (χ4n) is 2.63. The van der Waals surface area contributed by atoms with E-state index in [1.165, 1.54) is 25.7 Å². The molecule has 0 aliphatic heterocycles. The summed E-state index contributed by atoms with van der Waals surface area (Å²) in [5.74, 6) is 1.95. The maximum atomic E-state index is 4.73. The van der Waals surface area contributed by atoms with Gasteiger partial charge in [-0.2, -0.15) is 0 Å². The summed E-state index contributed by atoms with van der Waals surface area (Å²) in [5.41, 5.74) is 1.79. The zero-order chi connectivity index (χ0) is 13.9. The van der Waals surface area contributed by atoms with Gasteiger partial charge in [0.1, 0.15) is 11.5 Å². The van der Waals surface area contributed by atoms with Crippen LogP contribution in [-0.2, 0) is 0 Å². The average molecular weight is 334 g/mol. The number of aromatic nitrogens is 4. The Labute approximate surface area is 126 Å². The van der Waals surface area contributed by atoms with Gasteiger partial charge in [-0.25, -0.2) is 15.0 Å². The SMILES string of the molecule is CNc1nc(-c2cnccn2)nc(C2CCCC2)c1Br. The lowest BCUT2D eigenvalue weighted by Crippen LogP contribution is -2.06. The van der Waals surface area contributed by atoms with E-state index in [-0.39, 0.29) is 0 Å². The van der Waals surface area contributed by atoms with Gasteiger partial charge in [0.15, 0.2) is 5.82 Å². The van der Waals surface area contributed by atoms with Crippen molar-refractivity contribution >= 4 is 21.7 Å². The Kier molecular flexibility index (Phi) is 3.91. The van der Waals surface area contributed by atoms with Crippen LogP contribution < -0.4 is 5.32 Å². The Morgan fingerprint density at radius 2 is 2.00 bits per heavy atom. The maximum absolute atomic E-state index is 4.73. The maximum Gasteiger partial charge on any atom is 0.182 e. The van der Waals surface area contributed by atoms with E-state index in [1.54, 1.807) is 18.6 Å². The highest BCUT2D eigenvalue weighted by atomic mass is 79.9. The first kappa shape index (κ1) is 13.4. The van der Waals surface area contributed by atoms with Gasteiger partial charge in [-0.3, -0.25) is 4.98 Å². The van der Waals surface area contributed by atoms with E-state index in [1.807, 2.05) is 7.05 Å². The van der Waals surface area contributed by atoms with Crippen LogP contribution >= 0.6 is 15.9 Å². The number of rotatable bonds is 3. The molecule has 2 aromatic heterocycles. The molecule has 5 nitrogen and oxygen atoms in total. The monoisotopic (exact) mass is 333 g/mol. The highest BCUT2D eigenvalue weighted by molar-refractivity contribution is 9.10. The number of nitrogens with one attached hydrogen (secondary N) is 1. The predicted octanol–water partition coefficient (Wildman–Crippen LogP) is 3.40.